The number of nitrogens with one attached hydrogen (secondary N) is 1. The Morgan fingerprint density at radius 1 is 1.23 bits per heavy atom. The number of rotatable bonds is 4. The number of hydrogen-bond donors (Lipinski definition) is 1. The number of benzene rings is 1. The highest BCUT2D eigenvalue weighted by Gasteiger charge is 2.38. The van der Waals surface area contributed by atoms with E-state index in [4.69, 9.17) is 14.2 Å². The smallest absolute Gasteiger partial charge is 0.414 e. The van der Waals surface area contributed by atoms with Crippen molar-refractivity contribution in [2.45, 2.75) is 44.5 Å². The average Bonchev–Trinajstić information content (AvgIpc) is 2.95. The van der Waals surface area contributed by atoms with Gasteiger partial charge >= 0.3 is 6.09 Å². The van der Waals surface area contributed by atoms with Gasteiger partial charge in [0.1, 0.15) is 11.9 Å². The molecule has 0 bridgehead atoms. The second kappa shape index (κ2) is 8.77. The van der Waals surface area contributed by atoms with E-state index in [1.54, 1.807) is 12.1 Å². The molecular formula is C21H28FN3O5. The maximum atomic E-state index is 14.9. The van der Waals surface area contributed by atoms with Crippen molar-refractivity contribution in [3.63, 3.8) is 0 Å². The first kappa shape index (κ1) is 20.9. The Kier molecular flexibility index (Phi) is 6.10. The van der Waals surface area contributed by atoms with Crippen molar-refractivity contribution in [2.24, 2.45) is 0 Å². The summed E-state index contributed by atoms with van der Waals surface area (Å²) in [7, 11) is 0. The van der Waals surface area contributed by atoms with E-state index in [1.807, 2.05) is 4.90 Å². The molecule has 3 heterocycles. The van der Waals surface area contributed by atoms with E-state index in [0.717, 1.165) is 12.8 Å². The molecule has 9 heteroatoms. The lowest BCUT2D eigenvalue weighted by molar-refractivity contribution is -0.235. The molecule has 164 valence electrons. The lowest BCUT2D eigenvalue weighted by Gasteiger charge is -2.41. The fraction of sp³-hybridized carbons (Fsp3) is 0.619. The predicted octanol–water partition coefficient (Wildman–Crippen LogP) is 2.41. The Bertz CT molecular complexity index is 787. The fourth-order valence-electron chi connectivity index (χ4n) is 4.16. The van der Waals surface area contributed by atoms with Crippen LogP contribution in [0.2, 0.25) is 0 Å². The maximum absolute atomic E-state index is 14.9. The minimum atomic E-state index is -0.542. The first-order chi connectivity index (χ1) is 14.5. The van der Waals surface area contributed by atoms with Crippen LogP contribution in [0.4, 0.5) is 20.6 Å². The molecule has 1 aromatic rings. The van der Waals surface area contributed by atoms with Crippen molar-refractivity contribution < 1.29 is 28.2 Å². The van der Waals surface area contributed by atoms with Crippen LogP contribution in [-0.2, 0) is 19.0 Å². The van der Waals surface area contributed by atoms with Gasteiger partial charge in [0.25, 0.3) is 0 Å². The largest absolute Gasteiger partial charge is 0.442 e. The van der Waals surface area contributed by atoms with E-state index in [9.17, 15) is 14.0 Å². The minimum Gasteiger partial charge on any atom is -0.442 e. The second-order valence-corrected chi connectivity index (χ2v) is 7.99. The number of carbonyl (C=O) groups excluding carboxylic acids is 2. The summed E-state index contributed by atoms with van der Waals surface area (Å²) in [5, 5.41) is 2.63. The number of halogens is 1. The molecule has 8 nitrogen and oxygen atoms in total. The molecule has 1 spiro atoms. The zero-order chi connectivity index (χ0) is 21.1. The molecule has 0 aromatic heterocycles. The molecule has 3 aliphatic heterocycles. The van der Waals surface area contributed by atoms with Crippen LogP contribution >= 0.6 is 0 Å². The predicted molar refractivity (Wildman–Crippen MR) is 108 cm³/mol. The van der Waals surface area contributed by atoms with Crippen molar-refractivity contribution in [2.75, 3.05) is 49.2 Å². The van der Waals surface area contributed by atoms with Gasteiger partial charge in [0.05, 0.1) is 37.7 Å². The van der Waals surface area contributed by atoms with Crippen LogP contribution in [0.15, 0.2) is 18.2 Å². The summed E-state index contributed by atoms with van der Waals surface area (Å²) in [6, 6.07) is 4.79. The van der Waals surface area contributed by atoms with Crippen molar-refractivity contribution in [1.82, 2.24) is 5.32 Å². The zero-order valence-corrected chi connectivity index (χ0v) is 17.2. The highest BCUT2D eigenvalue weighted by atomic mass is 19.1. The van der Waals surface area contributed by atoms with E-state index < -0.39 is 18.0 Å². The van der Waals surface area contributed by atoms with Gasteiger partial charge in [-0.05, 0) is 31.0 Å². The van der Waals surface area contributed by atoms with Crippen LogP contribution in [0, 0.1) is 5.82 Å². The van der Waals surface area contributed by atoms with Gasteiger partial charge in [0.2, 0.25) is 5.91 Å². The molecule has 30 heavy (non-hydrogen) atoms. The summed E-state index contributed by atoms with van der Waals surface area (Å²) in [5.41, 5.74) is 0.945. The van der Waals surface area contributed by atoms with E-state index in [-0.39, 0.29) is 24.8 Å². The number of anilines is 2. The van der Waals surface area contributed by atoms with Crippen LogP contribution in [-0.4, -0.2) is 63.3 Å². The average molecular weight is 421 g/mol. The van der Waals surface area contributed by atoms with Crippen molar-refractivity contribution in [3.05, 3.63) is 24.0 Å². The molecule has 3 saturated heterocycles. The van der Waals surface area contributed by atoms with Crippen LogP contribution in [0.25, 0.3) is 0 Å². The number of carbonyl (C=O) groups is 2. The normalized spacial score (nSPS) is 23.9. The van der Waals surface area contributed by atoms with Gasteiger partial charge < -0.3 is 24.4 Å². The number of amides is 2. The van der Waals surface area contributed by atoms with Crippen LogP contribution < -0.4 is 15.1 Å². The molecule has 1 N–H and O–H groups in total. The number of cyclic esters (lactones) is 1. The third-order valence-corrected chi connectivity index (χ3v) is 5.83. The van der Waals surface area contributed by atoms with E-state index in [2.05, 4.69) is 5.32 Å². The van der Waals surface area contributed by atoms with Crippen LogP contribution in [0.1, 0.15) is 32.6 Å². The van der Waals surface area contributed by atoms with E-state index >= 15 is 0 Å². The Labute approximate surface area is 175 Å². The highest BCUT2D eigenvalue weighted by molar-refractivity contribution is 5.90. The maximum Gasteiger partial charge on any atom is 0.414 e. The molecule has 1 atom stereocenters. The van der Waals surface area contributed by atoms with Gasteiger partial charge in [-0.25, -0.2) is 9.18 Å². The van der Waals surface area contributed by atoms with Gasteiger partial charge in [0.15, 0.2) is 5.79 Å². The number of piperidine rings is 1. The third kappa shape index (κ3) is 4.52. The number of nitrogens with zero attached hydrogens (tertiary/aromatic N) is 2. The van der Waals surface area contributed by atoms with Crippen molar-refractivity contribution in [3.8, 4) is 0 Å². The lowest BCUT2D eigenvalue weighted by atomic mass is 10.0. The Hall–Kier alpha value is -2.39. The third-order valence-electron chi connectivity index (χ3n) is 5.83. The molecule has 0 unspecified atom stereocenters. The number of hydrogen-bond acceptors (Lipinski definition) is 6. The van der Waals surface area contributed by atoms with Crippen molar-refractivity contribution >= 4 is 23.4 Å². The summed E-state index contributed by atoms with van der Waals surface area (Å²) in [5.74, 6) is -1.11. The monoisotopic (exact) mass is 421 g/mol. The quantitative estimate of drug-likeness (QED) is 0.804. The Morgan fingerprint density at radius 2 is 1.93 bits per heavy atom. The topological polar surface area (TPSA) is 80.3 Å². The van der Waals surface area contributed by atoms with Gasteiger partial charge in [-0.3, -0.25) is 9.69 Å². The molecule has 0 saturated carbocycles. The Morgan fingerprint density at radius 3 is 2.57 bits per heavy atom. The van der Waals surface area contributed by atoms with Gasteiger partial charge in [-0.15, -0.1) is 0 Å². The number of ether oxygens (including phenoxy) is 3. The summed E-state index contributed by atoms with van der Waals surface area (Å²) in [6.07, 6.45) is 2.40. The molecule has 0 radical (unpaired) electrons. The molecular weight excluding hydrogens is 393 g/mol. The van der Waals surface area contributed by atoms with Gasteiger partial charge in [-0.2, -0.15) is 0 Å². The lowest BCUT2D eigenvalue weighted by Crippen LogP contribution is -2.48. The highest BCUT2D eigenvalue weighted by Crippen LogP contribution is 2.34. The molecule has 3 fully saturated rings. The summed E-state index contributed by atoms with van der Waals surface area (Å²) in [4.78, 5) is 26.6. The molecule has 1 aromatic carbocycles. The SMILES string of the molecule is CC(=O)NC[C@H]1CN(c2ccc(N3CCC4(CC3)OCCCCO4)c(F)c2)C(=O)O1. The first-order valence-corrected chi connectivity index (χ1v) is 10.5. The molecule has 0 aliphatic carbocycles. The van der Waals surface area contributed by atoms with E-state index in [1.165, 1.54) is 17.9 Å². The van der Waals surface area contributed by atoms with Gasteiger partial charge in [-0.1, -0.05) is 0 Å². The van der Waals surface area contributed by atoms with Crippen molar-refractivity contribution in [1.29, 1.82) is 0 Å². The summed E-state index contributed by atoms with van der Waals surface area (Å²) >= 11 is 0. The first-order valence-electron chi connectivity index (χ1n) is 10.5. The standard InChI is InChI=1S/C21H28FN3O5/c1-15(26)23-13-17-14-25(20(27)30-17)16-4-5-19(18(22)12-16)24-8-6-21(7-9-24)28-10-2-3-11-29-21/h4-5,12,17H,2-3,6-11,13-14H2,1H3,(H,23,26)/t17-/m0/s1. The summed E-state index contributed by atoms with van der Waals surface area (Å²) in [6.45, 7) is 4.59. The molecule has 3 aliphatic rings. The van der Waals surface area contributed by atoms with Crippen LogP contribution in [0.3, 0.4) is 0 Å². The zero-order valence-electron chi connectivity index (χ0n) is 17.2. The van der Waals surface area contributed by atoms with E-state index in [0.29, 0.717) is 50.5 Å². The fourth-order valence-corrected chi connectivity index (χ4v) is 4.16. The second-order valence-electron chi connectivity index (χ2n) is 7.99. The molecule has 4 rings (SSSR count). The summed E-state index contributed by atoms with van der Waals surface area (Å²) < 4.78 is 32.1. The molecule has 2 amide bonds. The Balaban J connectivity index is 1.39. The minimum absolute atomic E-state index is 0.192. The van der Waals surface area contributed by atoms with Crippen LogP contribution in [0.5, 0.6) is 0 Å². The van der Waals surface area contributed by atoms with Gasteiger partial charge in [0, 0.05) is 32.9 Å².